The molecule has 0 bridgehead atoms. The quantitative estimate of drug-likeness (QED) is 0.732. The van der Waals surface area contributed by atoms with E-state index in [0.29, 0.717) is 12.0 Å². The van der Waals surface area contributed by atoms with Crippen LogP contribution in [-0.4, -0.2) is 49.7 Å². The van der Waals surface area contributed by atoms with Crippen LogP contribution in [0.3, 0.4) is 0 Å². The number of rotatable bonds is 3. The summed E-state index contributed by atoms with van der Waals surface area (Å²) in [5, 5.41) is 3.56. The number of ether oxygens (including phenoxy) is 3. The molecule has 4 fully saturated rings. The number of imidazole rings is 1. The van der Waals surface area contributed by atoms with Gasteiger partial charge < -0.3 is 19.5 Å². The molecule has 4 aliphatic rings. The average Bonchev–Trinajstić information content (AvgIpc) is 3.56. The summed E-state index contributed by atoms with van der Waals surface area (Å²) in [6, 6.07) is 0.452. The Morgan fingerprint density at radius 2 is 1.72 bits per heavy atom. The van der Waals surface area contributed by atoms with Gasteiger partial charge in [-0.1, -0.05) is 37.5 Å². The smallest absolute Gasteiger partial charge is 0.167 e. The molecule has 8 heteroatoms. The minimum atomic E-state index is -0.675. The number of anilines is 1. The largest absolute Gasteiger partial charge is 0.365 e. The number of hydrogen-bond donors (Lipinski definition) is 1. The maximum Gasteiger partial charge on any atom is 0.167 e. The predicted molar refractivity (Wildman–Crippen MR) is 119 cm³/mol. The number of nitrogens with zero attached hydrogens (tertiary/aromatic N) is 4. The molecule has 32 heavy (non-hydrogen) atoms. The fraction of sp³-hybridized carbons (Fsp3) is 0.708. The van der Waals surface area contributed by atoms with Gasteiger partial charge in [-0.3, -0.25) is 4.57 Å². The molecule has 8 nitrogen and oxygen atoms in total. The summed E-state index contributed by atoms with van der Waals surface area (Å²) >= 11 is 0. The summed E-state index contributed by atoms with van der Waals surface area (Å²) in [6.07, 6.45) is 11.9. The summed E-state index contributed by atoms with van der Waals surface area (Å²) in [4.78, 5) is 13.7. The van der Waals surface area contributed by atoms with Gasteiger partial charge in [0.25, 0.3) is 0 Å². The van der Waals surface area contributed by atoms with Crippen LogP contribution in [0.25, 0.3) is 11.2 Å². The molecule has 0 aromatic carbocycles. The standard InChI is InChI=1S/C24H31N5O3/c1-24(2)31-19-17(12-11-15-7-3-4-8-15)30-23(20(19)32-24)29-14-27-18-21(25-13-26-22(18)29)28-16-9-5-6-10-16/h13-17,19-20,23H,3-10H2,1-2H3,(H,25,26,28)/t17-,19-,20+,23-/m1/s1. The van der Waals surface area contributed by atoms with Gasteiger partial charge in [-0.2, -0.15) is 0 Å². The molecule has 6 rings (SSSR count). The van der Waals surface area contributed by atoms with Gasteiger partial charge in [0, 0.05) is 12.0 Å². The Kier molecular flexibility index (Phi) is 5.09. The molecule has 2 saturated heterocycles. The SMILES string of the molecule is CC1(C)O[C@H]2[C@H](O1)[C@@H](C#CC1CCCC1)O[C@H]2n1cnc2c(NC3CCCC3)ncnc21. The third kappa shape index (κ3) is 3.66. The van der Waals surface area contributed by atoms with Gasteiger partial charge in [-0.15, -0.1) is 0 Å². The van der Waals surface area contributed by atoms with E-state index < -0.39 is 12.0 Å². The highest BCUT2D eigenvalue weighted by Gasteiger charge is 2.56. The van der Waals surface area contributed by atoms with Crippen molar-refractivity contribution >= 4 is 17.0 Å². The van der Waals surface area contributed by atoms with E-state index in [-0.39, 0.29) is 18.3 Å². The Balaban J connectivity index is 1.30. The molecule has 0 amide bonds. The van der Waals surface area contributed by atoms with Gasteiger partial charge in [-0.25, -0.2) is 15.0 Å². The first kappa shape index (κ1) is 20.4. The second kappa shape index (κ2) is 7.98. The number of hydrogen-bond acceptors (Lipinski definition) is 7. The van der Waals surface area contributed by atoms with E-state index in [1.165, 1.54) is 51.4 Å². The highest BCUT2D eigenvalue weighted by Crippen LogP contribution is 2.44. The van der Waals surface area contributed by atoms with Crippen molar-refractivity contribution in [2.75, 3.05) is 5.32 Å². The Bertz CT molecular complexity index is 1040. The molecule has 0 spiro atoms. The lowest BCUT2D eigenvalue weighted by Crippen LogP contribution is -2.28. The number of nitrogens with one attached hydrogen (secondary N) is 1. The van der Waals surface area contributed by atoms with E-state index in [0.717, 1.165) is 17.0 Å². The van der Waals surface area contributed by atoms with Gasteiger partial charge in [0.2, 0.25) is 0 Å². The van der Waals surface area contributed by atoms with Gasteiger partial charge in [0.05, 0.1) is 6.33 Å². The third-order valence-electron chi connectivity index (χ3n) is 7.14. The van der Waals surface area contributed by atoms with E-state index in [1.807, 2.05) is 18.4 Å². The third-order valence-corrected chi connectivity index (χ3v) is 7.14. The van der Waals surface area contributed by atoms with Crippen molar-refractivity contribution in [1.29, 1.82) is 0 Å². The van der Waals surface area contributed by atoms with Crippen LogP contribution in [-0.2, 0) is 14.2 Å². The van der Waals surface area contributed by atoms with Crippen LogP contribution in [0.1, 0.15) is 71.4 Å². The lowest BCUT2D eigenvalue weighted by atomic mass is 10.1. The first-order chi connectivity index (χ1) is 15.6. The normalized spacial score (nSPS) is 32.3. The Labute approximate surface area is 188 Å². The number of aromatic nitrogens is 4. The van der Waals surface area contributed by atoms with Crippen LogP contribution in [0.4, 0.5) is 5.82 Å². The molecule has 0 radical (unpaired) electrons. The average molecular weight is 438 g/mol. The molecule has 1 N–H and O–H groups in total. The molecule has 4 heterocycles. The zero-order valence-electron chi connectivity index (χ0n) is 18.8. The van der Waals surface area contributed by atoms with Crippen LogP contribution >= 0.6 is 0 Å². The first-order valence-corrected chi connectivity index (χ1v) is 12.0. The summed E-state index contributed by atoms with van der Waals surface area (Å²) in [7, 11) is 0. The zero-order valence-corrected chi connectivity index (χ0v) is 18.8. The van der Waals surface area contributed by atoms with E-state index >= 15 is 0 Å². The molecule has 2 aliphatic heterocycles. The maximum absolute atomic E-state index is 6.43. The second-order valence-electron chi connectivity index (χ2n) is 9.95. The molecule has 2 aromatic heterocycles. The van der Waals surface area contributed by atoms with Crippen molar-refractivity contribution in [2.24, 2.45) is 5.92 Å². The minimum Gasteiger partial charge on any atom is -0.365 e. The van der Waals surface area contributed by atoms with E-state index in [4.69, 9.17) is 14.2 Å². The molecule has 4 atom stereocenters. The zero-order chi connectivity index (χ0) is 21.7. The molecular formula is C24H31N5O3. The van der Waals surface area contributed by atoms with Gasteiger partial charge in [0.1, 0.15) is 24.6 Å². The van der Waals surface area contributed by atoms with Gasteiger partial charge >= 0.3 is 0 Å². The summed E-state index contributed by atoms with van der Waals surface area (Å²) in [5.41, 5.74) is 1.50. The lowest BCUT2D eigenvalue weighted by molar-refractivity contribution is -0.190. The van der Waals surface area contributed by atoms with Gasteiger partial charge in [0.15, 0.2) is 29.0 Å². The summed E-state index contributed by atoms with van der Waals surface area (Å²) in [6.45, 7) is 3.89. The Morgan fingerprint density at radius 3 is 2.53 bits per heavy atom. The van der Waals surface area contributed by atoms with Crippen LogP contribution in [0.15, 0.2) is 12.7 Å². The van der Waals surface area contributed by atoms with Crippen molar-refractivity contribution in [2.45, 2.75) is 102 Å². The molecule has 0 unspecified atom stereocenters. The fourth-order valence-corrected chi connectivity index (χ4v) is 5.59. The molecular weight excluding hydrogens is 406 g/mol. The lowest BCUT2D eigenvalue weighted by Gasteiger charge is -2.23. The van der Waals surface area contributed by atoms with Crippen LogP contribution in [0, 0.1) is 17.8 Å². The van der Waals surface area contributed by atoms with Crippen molar-refractivity contribution in [3.63, 3.8) is 0 Å². The van der Waals surface area contributed by atoms with Crippen LogP contribution in [0.2, 0.25) is 0 Å². The second-order valence-corrected chi connectivity index (χ2v) is 9.95. The topological polar surface area (TPSA) is 83.3 Å². The van der Waals surface area contributed by atoms with E-state index in [1.54, 1.807) is 12.7 Å². The predicted octanol–water partition coefficient (Wildman–Crippen LogP) is 3.79. The maximum atomic E-state index is 6.43. The van der Waals surface area contributed by atoms with Crippen LogP contribution in [0.5, 0.6) is 0 Å². The van der Waals surface area contributed by atoms with Gasteiger partial charge in [-0.05, 0) is 39.5 Å². The van der Waals surface area contributed by atoms with Crippen molar-refractivity contribution in [1.82, 2.24) is 19.5 Å². The van der Waals surface area contributed by atoms with Crippen molar-refractivity contribution in [3.05, 3.63) is 12.7 Å². The van der Waals surface area contributed by atoms with Crippen molar-refractivity contribution < 1.29 is 14.2 Å². The molecule has 170 valence electrons. The molecule has 2 aliphatic carbocycles. The van der Waals surface area contributed by atoms with E-state index in [2.05, 4.69) is 32.1 Å². The fourth-order valence-electron chi connectivity index (χ4n) is 5.59. The summed E-state index contributed by atoms with van der Waals surface area (Å²) in [5.74, 6) is 7.40. The van der Waals surface area contributed by atoms with E-state index in [9.17, 15) is 0 Å². The summed E-state index contributed by atoms with van der Waals surface area (Å²) < 4.78 is 20.9. The highest BCUT2D eigenvalue weighted by atomic mass is 16.8. The monoisotopic (exact) mass is 437 g/mol. The highest BCUT2D eigenvalue weighted by molar-refractivity contribution is 5.82. The van der Waals surface area contributed by atoms with Crippen molar-refractivity contribution in [3.8, 4) is 11.8 Å². The minimum absolute atomic E-state index is 0.237. The Morgan fingerprint density at radius 1 is 0.969 bits per heavy atom. The molecule has 2 aromatic rings. The van der Waals surface area contributed by atoms with Crippen LogP contribution < -0.4 is 5.32 Å². The first-order valence-electron chi connectivity index (χ1n) is 12.0. The molecule has 2 saturated carbocycles. The Hall–Kier alpha value is -2.21. The number of fused-ring (bicyclic) bond motifs is 2.